The van der Waals surface area contributed by atoms with Gasteiger partial charge in [-0.1, -0.05) is 18.2 Å². The molecule has 0 saturated carbocycles. The molecule has 11 heavy (non-hydrogen) atoms. The van der Waals surface area contributed by atoms with Crippen LogP contribution in [0.25, 0.3) is 10.9 Å². The maximum atomic E-state index is 5.64. The number of rotatable bonds is 0. The van der Waals surface area contributed by atoms with Gasteiger partial charge in [-0.15, -0.1) is 24.0 Å². The number of H-pyrrole nitrogens is 1. The van der Waals surface area contributed by atoms with E-state index in [1.807, 2.05) is 30.5 Å². The molecule has 1 aromatic heterocycles. The lowest BCUT2D eigenvalue weighted by molar-refractivity contribution is 1.48. The van der Waals surface area contributed by atoms with E-state index in [4.69, 9.17) is 5.73 Å². The van der Waals surface area contributed by atoms with E-state index in [2.05, 4.69) is 4.98 Å². The molecule has 2 rings (SSSR count). The van der Waals surface area contributed by atoms with Gasteiger partial charge in [-0.2, -0.15) is 0 Å². The molecule has 2 nitrogen and oxygen atoms in total. The van der Waals surface area contributed by atoms with Crippen LogP contribution in [0.1, 0.15) is 0 Å². The van der Waals surface area contributed by atoms with Crippen LogP contribution in [0.5, 0.6) is 0 Å². The monoisotopic (exact) mass is 260 g/mol. The Morgan fingerprint density at radius 3 is 2.64 bits per heavy atom. The van der Waals surface area contributed by atoms with Gasteiger partial charge in [-0.25, -0.2) is 0 Å². The van der Waals surface area contributed by atoms with Crippen molar-refractivity contribution in [1.82, 2.24) is 4.98 Å². The van der Waals surface area contributed by atoms with Crippen LogP contribution in [-0.2, 0) is 0 Å². The summed E-state index contributed by atoms with van der Waals surface area (Å²) in [6, 6.07) is 7.97. The van der Waals surface area contributed by atoms with Gasteiger partial charge >= 0.3 is 0 Å². The van der Waals surface area contributed by atoms with E-state index in [1.54, 1.807) is 0 Å². The summed E-state index contributed by atoms with van der Waals surface area (Å²) in [7, 11) is 0. The highest BCUT2D eigenvalue weighted by molar-refractivity contribution is 14.0. The number of nitrogen functional groups attached to an aromatic ring is 1. The first-order chi connectivity index (χ1) is 4.88. The number of anilines is 1. The van der Waals surface area contributed by atoms with Gasteiger partial charge in [-0.05, 0) is 6.07 Å². The minimum Gasteiger partial charge on any atom is -0.397 e. The first kappa shape index (κ1) is 8.39. The fourth-order valence-electron chi connectivity index (χ4n) is 1.09. The third-order valence-corrected chi connectivity index (χ3v) is 1.62. The van der Waals surface area contributed by atoms with Crippen molar-refractivity contribution in [2.75, 3.05) is 5.73 Å². The third-order valence-electron chi connectivity index (χ3n) is 1.62. The van der Waals surface area contributed by atoms with E-state index in [9.17, 15) is 0 Å². The van der Waals surface area contributed by atoms with E-state index in [0.717, 1.165) is 16.6 Å². The summed E-state index contributed by atoms with van der Waals surface area (Å²) in [5.41, 5.74) is 7.56. The average Bonchev–Trinajstić information content (AvgIpc) is 2.34. The molecule has 0 spiro atoms. The molecule has 3 heteroatoms. The molecule has 0 bridgehead atoms. The number of aromatic amines is 1. The molecule has 58 valence electrons. The van der Waals surface area contributed by atoms with E-state index in [-0.39, 0.29) is 24.0 Å². The fraction of sp³-hybridized carbons (Fsp3) is 0. The summed E-state index contributed by atoms with van der Waals surface area (Å²) in [6.45, 7) is 0. The molecule has 0 radical (unpaired) electrons. The molecule has 0 aliphatic carbocycles. The topological polar surface area (TPSA) is 41.8 Å². The van der Waals surface area contributed by atoms with Crippen molar-refractivity contribution >= 4 is 40.6 Å². The quantitative estimate of drug-likeness (QED) is 0.701. The molecule has 0 fully saturated rings. The predicted molar refractivity (Wildman–Crippen MR) is 58.1 cm³/mol. The highest BCUT2D eigenvalue weighted by atomic mass is 127. The molecule has 0 amide bonds. The zero-order valence-corrected chi connectivity index (χ0v) is 8.20. The van der Waals surface area contributed by atoms with E-state index in [1.165, 1.54) is 0 Å². The number of hydrogen-bond acceptors (Lipinski definition) is 1. The minimum atomic E-state index is 0. The Bertz CT molecular complexity index is 354. The summed E-state index contributed by atoms with van der Waals surface area (Å²) in [6.07, 6.45) is 1.81. The van der Waals surface area contributed by atoms with Crippen LogP contribution in [0.4, 0.5) is 5.69 Å². The molecule has 0 aliphatic rings. The number of nitrogens with two attached hydrogens (primary N) is 1. The number of aromatic nitrogens is 1. The van der Waals surface area contributed by atoms with Gasteiger partial charge in [0.1, 0.15) is 0 Å². The van der Waals surface area contributed by atoms with Crippen molar-refractivity contribution in [3.05, 3.63) is 30.5 Å². The smallest absolute Gasteiger partial charge is 0.0571 e. The summed E-state index contributed by atoms with van der Waals surface area (Å²) in [5, 5.41) is 1.10. The highest BCUT2D eigenvalue weighted by Gasteiger charge is 1.95. The normalized spacial score (nSPS) is 9.45. The summed E-state index contributed by atoms with van der Waals surface area (Å²) in [5.74, 6) is 0. The molecule has 0 atom stereocenters. The maximum Gasteiger partial charge on any atom is 0.0571 e. The zero-order valence-electron chi connectivity index (χ0n) is 5.87. The van der Waals surface area contributed by atoms with Crippen molar-refractivity contribution in [1.29, 1.82) is 0 Å². The molecule has 2 aromatic rings. The molecular weight excluding hydrogens is 251 g/mol. The number of nitrogens with one attached hydrogen (secondary N) is 1. The second-order valence-corrected chi connectivity index (χ2v) is 2.29. The first-order valence-corrected chi connectivity index (χ1v) is 3.19. The predicted octanol–water partition coefficient (Wildman–Crippen LogP) is 2.37. The lowest BCUT2D eigenvalue weighted by Gasteiger charge is -1.87. The standard InChI is InChI=1S/C8H8N2.HI/c9-7-5-10-8-4-2-1-3-6(7)8;/h1-5,10H,9H2;1H. The van der Waals surface area contributed by atoms with Crippen molar-refractivity contribution < 1.29 is 0 Å². The Kier molecular flexibility index (Phi) is 2.38. The Labute approximate surface area is 81.8 Å². The minimum absolute atomic E-state index is 0. The van der Waals surface area contributed by atoms with Crippen molar-refractivity contribution in [3.8, 4) is 0 Å². The van der Waals surface area contributed by atoms with Gasteiger partial charge < -0.3 is 10.7 Å². The first-order valence-electron chi connectivity index (χ1n) is 3.19. The van der Waals surface area contributed by atoms with Gasteiger partial charge in [0.2, 0.25) is 0 Å². The number of para-hydroxylation sites is 1. The van der Waals surface area contributed by atoms with Crippen LogP contribution < -0.4 is 5.73 Å². The fourth-order valence-corrected chi connectivity index (χ4v) is 1.09. The SMILES string of the molecule is I.Nc1c[nH]c2ccccc12. The van der Waals surface area contributed by atoms with Crippen molar-refractivity contribution in [2.45, 2.75) is 0 Å². The number of hydrogen-bond donors (Lipinski definition) is 2. The van der Waals surface area contributed by atoms with Gasteiger partial charge in [0.25, 0.3) is 0 Å². The Hall–Kier alpha value is -0.710. The number of halogens is 1. The lowest BCUT2D eigenvalue weighted by atomic mass is 10.2. The average molecular weight is 260 g/mol. The van der Waals surface area contributed by atoms with Crippen LogP contribution in [0, 0.1) is 0 Å². The Balaban J connectivity index is 0.000000605. The lowest BCUT2D eigenvalue weighted by Crippen LogP contribution is -1.78. The molecule has 3 N–H and O–H groups in total. The Morgan fingerprint density at radius 2 is 1.91 bits per heavy atom. The van der Waals surface area contributed by atoms with E-state index in [0.29, 0.717) is 0 Å². The molecule has 0 unspecified atom stereocenters. The van der Waals surface area contributed by atoms with Crippen LogP contribution in [0.3, 0.4) is 0 Å². The highest BCUT2D eigenvalue weighted by Crippen LogP contribution is 2.18. The number of benzene rings is 1. The molecule has 1 heterocycles. The second-order valence-electron chi connectivity index (χ2n) is 2.29. The molecule has 1 aromatic carbocycles. The van der Waals surface area contributed by atoms with Gasteiger partial charge in [0.15, 0.2) is 0 Å². The summed E-state index contributed by atoms with van der Waals surface area (Å²) < 4.78 is 0. The van der Waals surface area contributed by atoms with Crippen molar-refractivity contribution in [2.24, 2.45) is 0 Å². The third kappa shape index (κ3) is 1.33. The van der Waals surface area contributed by atoms with Gasteiger partial charge in [0, 0.05) is 17.1 Å². The number of fused-ring (bicyclic) bond motifs is 1. The van der Waals surface area contributed by atoms with Crippen molar-refractivity contribution in [3.63, 3.8) is 0 Å². The van der Waals surface area contributed by atoms with Crippen LogP contribution in [0.15, 0.2) is 30.5 Å². The van der Waals surface area contributed by atoms with E-state index >= 15 is 0 Å². The second kappa shape index (κ2) is 3.13. The van der Waals surface area contributed by atoms with Gasteiger partial charge in [0.05, 0.1) is 5.69 Å². The largest absolute Gasteiger partial charge is 0.397 e. The summed E-state index contributed by atoms with van der Waals surface area (Å²) in [4.78, 5) is 3.06. The van der Waals surface area contributed by atoms with Crippen LogP contribution >= 0.6 is 24.0 Å². The zero-order chi connectivity index (χ0) is 6.97. The van der Waals surface area contributed by atoms with E-state index < -0.39 is 0 Å². The summed E-state index contributed by atoms with van der Waals surface area (Å²) >= 11 is 0. The maximum absolute atomic E-state index is 5.64. The molecule has 0 saturated heterocycles. The van der Waals surface area contributed by atoms with Crippen LogP contribution in [-0.4, -0.2) is 4.98 Å². The molecule has 0 aliphatic heterocycles. The van der Waals surface area contributed by atoms with Crippen LogP contribution in [0.2, 0.25) is 0 Å². The molecular formula is C8H9IN2. The van der Waals surface area contributed by atoms with Gasteiger partial charge in [-0.3, -0.25) is 0 Å². The Morgan fingerprint density at radius 1 is 1.18 bits per heavy atom.